The third-order valence-electron chi connectivity index (χ3n) is 5.62. The molecule has 126 valence electrons. The van der Waals surface area contributed by atoms with Crippen molar-refractivity contribution in [3.8, 4) is 5.88 Å². The Morgan fingerprint density at radius 2 is 2.22 bits per heavy atom. The van der Waals surface area contributed by atoms with Crippen LogP contribution in [0.4, 0.5) is 5.95 Å². The molecule has 0 spiro atoms. The van der Waals surface area contributed by atoms with Gasteiger partial charge in [-0.05, 0) is 25.9 Å². The van der Waals surface area contributed by atoms with E-state index in [-0.39, 0.29) is 5.41 Å². The average Bonchev–Trinajstić information content (AvgIpc) is 3.12. The van der Waals surface area contributed by atoms with E-state index in [4.69, 9.17) is 9.47 Å². The Labute approximate surface area is 137 Å². The van der Waals surface area contributed by atoms with Crippen LogP contribution in [0.2, 0.25) is 0 Å². The summed E-state index contributed by atoms with van der Waals surface area (Å²) in [6, 6.07) is 1.80. The molecule has 6 heteroatoms. The lowest BCUT2D eigenvalue weighted by Gasteiger charge is -2.36. The van der Waals surface area contributed by atoms with E-state index >= 15 is 0 Å². The molecule has 0 aromatic carbocycles. The van der Waals surface area contributed by atoms with Gasteiger partial charge in [-0.1, -0.05) is 6.42 Å². The average molecular weight is 318 g/mol. The summed E-state index contributed by atoms with van der Waals surface area (Å²) >= 11 is 0. The lowest BCUT2D eigenvalue weighted by atomic mass is 9.80. The van der Waals surface area contributed by atoms with Crippen molar-refractivity contribution < 1.29 is 9.47 Å². The number of aromatic nitrogens is 2. The predicted octanol–water partition coefficient (Wildman–Crippen LogP) is 1.42. The lowest BCUT2D eigenvalue weighted by molar-refractivity contribution is 0.104. The Morgan fingerprint density at radius 3 is 3.04 bits per heavy atom. The first-order valence-electron chi connectivity index (χ1n) is 8.71. The Bertz CT molecular complexity index is 549. The van der Waals surface area contributed by atoms with E-state index < -0.39 is 0 Å². The molecule has 1 aromatic rings. The van der Waals surface area contributed by atoms with Crippen LogP contribution in [-0.2, 0) is 4.74 Å². The molecule has 3 saturated heterocycles. The summed E-state index contributed by atoms with van der Waals surface area (Å²) < 4.78 is 11.1. The summed E-state index contributed by atoms with van der Waals surface area (Å²) in [7, 11) is 1.65. The van der Waals surface area contributed by atoms with Gasteiger partial charge in [-0.25, -0.2) is 4.98 Å². The molecule has 4 heterocycles. The Balaban J connectivity index is 1.50. The molecule has 2 atom stereocenters. The van der Waals surface area contributed by atoms with E-state index in [0.29, 0.717) is 11.8 Å². The van der Waals surface area contributed by atoms with E-state index in [1.165, 1.54) is 32.4 Å². The highest BCUT2D eigenvalue weighted by Gasteiger charge is 2.52. The summed E-state index contributed by atoms with van der Waals surface area (Å²) in [6.45, 7) is 7.34. The van der Waals surface area contributed by atoms with Crippen LogP contribution in [0.5, 0.6) is 5.88 Å². The number of hydrogen-bond acceptors (Lipinski definition) is 6. The molecule has 3 aliphatic heterocycles. The SMILES string of the molecule is COc1ccnc(N2C[C@@H]3COC[C@]3(CN3CCCCC3)C2)n1. The van der Waals surface area contributed by atoms with Crippen molar-refractivity contribution in [2.45, 2.75) is 19.3 Å². The molecule has 4 rings (SSSR count). The quantitative estimate of drug-likeness (QED) is 0.837. The Kier molecular flexibility index (Phi) is 4.11. The molecular formula is C17H26N4O2. The van der Waals surface area contributed by atoms with E-state index in [1.54, 1.807) is 19.4 Å². The first-order valence-corrected chi connectivity index (χ1v) is 8.71. The summed E-state index contributed by atoms with van der Waals surface area (Å²) in [5.74, 6) is 2.00. The molecule has 0 radical (unpaired) electrons. The van der Waals surface area contributed by atoms with Crippen molar-refractivity contribution in [1.29, 1.82) is 0 Å². The van der Waals surface area contributed by atoms with Gasteiger partial charge in [-0.3, -0.25) is 0 Å². The Hall–Kier alpha value is -1.40. The number of anilines is 1. The van der Waals surface area contributed by atoms with Gasteiger partial charge in [-0.15, -0.1) is 0 Å². The lowest BCUT2D eigenvalue weighted by Crippen LogP contribution is -2.45. The zero-order valence-corrected chi connectivity index (χ0v) is 13.9. The third-order valence-corrected chi connectivity index (χ3v) is 5.62. The highest BCUT2D eigenvalue weighted by molar-refractivity contribution is 5.36. The normalized spacial score (nSPS) is 31.3. The van der Waals surface area contributed by atoms with Crippen molar-refractivity contribution in [3.63, 3.8) is 0 Å². The molecule has 6 nitrogen and oxygen atoms in total. The first kappa shape index (κ1) is 15.1. The maximum Gasteiger partial charge on any atom is 0.228 e. The number of methoxy groups -OCH3 is 1. The largest absolute Gasteiger partial charge is 0.481 e. The van der Waals surface area contributed by atoms with E-state index in [0.717, 1.165) is 38.8 Å². The summed E-state index contributed by atoms with van der Waals surface area (Å²) in [6.07, 6.45) is 5.84. The molecule has 0 N–H and O–H groups in total. The fourth-order valence-corrected chi connectivity index (χ4v) is 4.37. The molecule has 0 unspecified atom stereocenters. The van der Waals surface area contributed by atoms with Crippen molar-refractivity contribution in [3.05, 3.63) is 12.3 Å². The zero-order valence-electron chi connectivity index (χ0n) is 13.9. The van der Waals surface area contributed by atoms with Gasteiger partial charge < -0.3 is 19.3 Å². The third kappa shape index (κ3) is 2.90. The number of nitrogens with zero attached hydrogens (tertiary/aromatic N) is 4. The topological polar surface area (TPSA) is 50.7 Å². The first-order chi connectivity index (χ1) is 11.3. The van der Waals surface area contributed by atoms with Gasteiger partial charge in [0.05, 0.1) is 20.3 Å². The molecular weight excluding hydrogens is 292 g/mol. The van der Waals surface area contributed by atoms with Crippen molar-refractivity contribution in [1.82, 2.24) is 14.9 Å². The molecule has 3 fully saturated rings. The van der Waals surface area contributed by atoms with Crippen LogP contribution >= 0.6 is 0 Å². The molecule has 0 saturated carbocycles. The minimum Gasteiger partial charge on any atom is -0.481 e. The van der Waals surface area contributed by atoms with Crippen molar-refractivity contribution in [2.75, 3.05) is 57.9 Å². The number of likely N-dealkylation sites (tertiary alicyclic amines) is 1. The smallest absolute Gasteiger partial charge is 0.228 e. The van der Waals surface area contributed by atoms with Crippen LogP contribution in [0.1, 0.15) is 19.3 Å². The van der Waals surface area contributed by atoms with Gasteiger partial charge in [0, 0.05) is 43.2 Å². The summed E-state index contributed by atoms with van der Waals surface area (Å²) in [5.41, 5.74) is 0.240. The number of rotatable bonds is 4. The number of ether oxygens (including phenoxy) is 2. The minimum atomic E-state index is 0.240. The summed E-state index contributed by atoms with van der Waals surface area (Å²) in [5, 5.41) is 0. The molecule has 0 amide bonds. The van der Waals surface area contributed by atoms with Crippen LogP contribution in [0.3, 0.4) is 0 Å². The highest BCUT2D eigenvalue weighted by atomic mass is 16.5. The standard InChI is InChI=1S/C17H26N4O2/c1-22-15-5-6-18-16(19-15)21-9-14-10-23-13-17(14,12-21)11-20-7-3-2-4-8-20/h5-6,14H,2-4,7-13H2,1H3/t14-,17+/m1/s1. The second kappa shape index (κ2) is 6.24. The highest BCUT2D eigenvalue weighted by Crippen LogP contribution is 2.43. The molecule has 0 bridgehead atoms. The van der Waals surface area contributed by atoms with E-state index in [2.05, 4.69) is 19.8 Å². The van der Waals surface area contributed by atoms with Crippen LogP contribution in [0.25, 0.3) is 0 Å². The van der Waals surface area contributed by atoms with Gasteiger partial charge in [0.1, 0.15) is 0 Å². The molecule has 3 aliphatic rings. The number of piperidine rings is 1. The molecule has 1 aromatic heterocycles. The van der Waals surface area contributed by atoms with Crippen molar-refractivity contribution >= 4 is 5.95 Å². The van der Waals surface area contributed by atoms with Crippen LogP contribution in [0.15, 0.2) is 12.3 Å². The van der Waals surface area contributed by atoms with Crippen LogP contribution in [-0.4, -0.2) is 67.9 Å². The maximum absolute atomic E-state index is 5.87. The van der Waals surface area contributed by atoms with Crippen molar-refractivity contribution in [2.24, 2.45) is 11.3 Å². The zero-order chi connectivity index (χ0) is 15.7. The minimum absolute atomic E-state index is 0.240. The van der Waals surface area contributed by atoms with Crippen LogP contribution < -0.4 is 9.64 Å². The van der Waals surface area contributed by atoms with Crippen LogP contribution in [0, 0.1) is 11.3 Å². The predicted molar refractivity (Wildman–Crippen MR) is 87.8 cm³/mol. The maximum atomic E-state index is 5.87. The number of fused-ring (bicyclic) bond motifs is 1. The fraction of sp³-hybridized carbons (Fsp3) is 0.765. The second-order valence-corrected chi connectivity index (χ2v) is 7.19. The molecule has 0 aliphatic carbocycles. The monoisotopic (exact) mass is 318 g/mol. The summed E-state index contributed by atoms with van der Waals surface area (Å²) in [4.78, 5) is 13.9. The van der Waals surface area contributed by atoms with Gasteiger partial charge in [0.15, 0.2) is 0 Å². The van der Waals surface area contributed by atoms with Gasteiger partial charge in [0.25, 0.3) is 0 Å². The fourth-order valence-electron chi connectivity index (χ4n) is 4.37. The van der Waals surface area contributed by atoms with Gasteiger partial charge >= 0.3 is 0 Å². The van der Waals surface area contributed by atoms with E-state index in [9.17, 15) is 0 Å². The number of hydrogen-bond donors (Lipinski definition) is 0. The van der Waals surface area contributed by atoms with E-state index in [1.807, 2.05) is 0 Å². The van der Waals surface area contributed by atoms with Gasteiger partial charge in [-0.2, -0.15) is 4.98 Å². The Morgan fingerprint density at radius 1 is 1.35 bits per heavy atom. The molecule has 23 heavy (non-hydrogen) atoms. The van der Waals surface area contributed by atoms with Gasteiger partial charge in [0.2, 0.25) is 11.8 Å². The second-order valence-electron chi connectivity index (χ2n) is 7.19.